The molecule has 0 saturated carbocycles. The molecule has 0 spiro atoms. The monoisotopic (exact) mass is 284 g/mol. The summed E-state index contributed by atoms with van der Waals surface area (Å²) in [5.41, 5.74) is 0.340. The van der Waals surface area contributed by atoms with Gasteiger partial charge in [0, 0.05) is 19.6 Å². The number of nitrogens with zero attached hydrogens (tertiary/aromatic N) is 1. The van der Waals surface area contributed by atoms with E-state index in [2.05, 4.69) is 48.6 Å². The highest BCUT2D eigenvalue weighted by atomic mass is 16.1. The Labute approximate surface area is 124 Å². The third kappa shape index (κ3) is 10.6. The zero-order valence-electron chi connectivity index (χ0n) is 14.0. The number of aliphatic imine (C=N–C) groups is 1. The summed E-state index contributed by atoms with van der Waals surface area (Å²) in [6, 6.07) is 0.333. The van der Waals surface area contributed by atoms with Crippen molar-refractivity contribution in [2.24, 2.45) is 10.4 Å². The number of guanidine groups is 1. The van der Waals surface area contributed by atoms with E-state index < -0.39 is 0 Å². The summed E-state index contributed by atoms with van der Waals surface area (Å²) in [4.78, 5) is 15.6. The Balaban J connectivity index is 4.00. The van der Waals surface area contributed by atoms with Gasteiger partial charge in [-0.05, 0) is 31.6 Å². The number of carbonyl (C=O) groups is 1. The standard InChI is InChI=1S/C15H32N4O/c1-7-10-17-13(20)11-18-14(16-6)19-12(2)8-9-15(3,4)5/h12H,7-11H2,1-6H3,(H,17,20)(H2,16,18,19). The maximum absolute atomic E-state index is 11.5. The summed E-state index contributed by atoms with van der Waals surface area (Å²) >= 11 is 0. The van der Waals surface area contributed by atoms with Gasteiger partial charge >= 0.3 is 0 Å². The Bertz CT molecular complexity index is 307. The van der Waals surface area contributed by atoms with Crippen molar-refractivity contribution >= 4 is 11.9 Å². The molecule has 0 aliphatic heterocycles. The first-order valence-electron chi connectivity index (χ1n) is 7.52. The highest BCUT2D eigenvalue weighted by Gasteiger charge is 2.13. The summed E-state index contributed by atoms with van der Waals surface area (Å²) in [5, 5.41) is 9.17. The van der Waals surface area contributed by atoms with Gasteiger partial charge in [0.25, 0.3) is 0 Å². The second-order valence-electron chi connectivity index (χ2n) is 6.42. The molecule has 1 unspecified atom stereocenters. The smallest absolute Gasteiger partial charge is 0.239 e. The summed E-state index contributed by atoms with van der Waals surface area (Å²) in [5.74, 6) is 0.676. The topological polar surface area (TPSA) is 65.5 Å². The first-order chi connectivity index (χ1) is 9.28. The molecule has 118 valence electrons. The molecule has 0 heterocycles. The zero-order chi connectivity index (χ0) is 15.6. The average Bonchev–Trinajstić information content (AvgIpc) is 2.37. The Hall–Kier alpha value is -1.26. The summed E-state index contributed by atoms with van der Waals surface area (Å²) in [6.45, 7) is 11.9. The second-order valence-corrected chi connectivity index (χ2v) is 6.42. The fourth-order valence-electron chi connectivity index (χ4n) is 1.64. The van der Waals surface area contributed by atoms with Crippen LogP contribution in [-0.4, -0.2) is 38.0 Å². The van der Waals surface area contributed by atoms with Crippen LogP contribution in [0.5, 0.6) is 0 Å². The lowest BCUT2D eigenvalue weighted by Crippen LogP contribution is -2.46. The highest BCUT2D eigenvalue weighted by molar-refractivity contribution is 5.86. The molecule has 0 aliphatic carbocycles. The average molecular weight is 284 g/mol. The molecule has 0 rings (SSSR count). The normalized spacial score (nSPS) is 13.8. The van der Waals surface area contributed by atoms with Gasteiger partial charge in [-0.2, -0.15) is 0 Å². The van der Waals surface area contributed by atoms with Gasteiger partial charge in [-0.25, -0.2) is 0 Å². The second kappa shape index (κ2) is 9.61. The van der Waals surface area contributed by atoms with Crippen molar-refractivity contribution in [1.82, 2.24) is 16.0 Å². The number of amides is 1. The lowest BCUT2D eigenvalue weighted by Gasteiger charge is -2.23. The van der Waals surface area contributed by atoms with Crippen LogP contribution >= 0.6 is 0 Å². The van der Waals surface area contributed by atoms with Crippen molar-refractivity contribution in [2.75, 3.05) is 20.1 Å². The van der Waals surface area contributed by atoms with Crippen LogP contribution in [0, 0.1) is 5.41 Å². The Morgan fingerprint density at radius 3 is 2.40 bits per heavy atom. The Morgan fingerprint density at radius 2 is 1.90 bits per heavy atom. The quantitative estimate of drug-likeness (QED) is 0.494. The van der Waals surface area contributed by atoms with E-state index in [1.54, 1.807) is 7.05 Å². The van der Waals surface area contributed by atoms with Crippen LogP contribution in [-0.2, 0) is 4.79 Å². The van der Waals surface area contributed by atoms with E-state index in [1.165, 1.54) is 0 Å². The largest absolute Gasteiger partial charge is 0.355 e. The Kier molecular flexibility index (Phi) is 9.01. The first kappa shape index (κ1) is 18.7. The van der Waals surface area contributed by atoms with Crippen molar-refractivity contribution in [3.8, 4) is 0 Å². The van der Waals surface area contributed by atoms with Gasteiger partial charge in [0.1, 0.15) is 0 Å². The minimum atomic E-state index is -0.00264. The van der Waals surface area contributed by atoms with E-state index in [0.29, 0.717) is 24.0 Å². The molecule has 1 amide bonds. The number of carbonyl (C=O) groups excluding carboxylic acids is 1. The minimum Gasteiger partial charge on any atom is -0.355 e. The van der Waals surface area contributed by atoms with Crippen molar-refractivity contribution in [2.45, 2.75) is 59.9 Å². The zero-order valence-corrected chi connectivity index (χ0v) is 14.0. The predicted molar refractivity (Wildman–Crippen MR) is 85.9 cm³/mol. The van der Waals surface area contributed by atoms with Crippen molar-refractivity contribution < 1.29 is 4.79 Å². The van der Waals surface area contributed by atoms with Gasteiger partial charge in [0.2, 0.25) is 5.91 Å². The Morgan fingerprint density at radius 1 is 1.25 bits per heavy atom. The minimum absolute atomic E-state index is 0.00264. The fourth-order valence-corrected chi connectivity index (χ4v) is 1.64. The third-order valence-electron chi connectivity index (χ3n) is 2.92. The van der Waals surface area contributed by atoms with E-state index in [-0.39, 0.29) is 12.5 Å². The van der Waals surface area contributed by atoms with Gasteiger partial charge in [-0.1, -0.05) is 27.7 Å². The molecule has 1 atom stereocenters. The SMILES string of the molecule is CCCNC(=O)CNC(=NC)NC(C)CCC(C)(C)C. The number of hydrogen-bond donors (Lipinski definition) is 3. The lowest BCUT2D eigenvalue weighted by atomic mass is 9.89. The van der Waals surface area contributed by atoms with E-state index in [9.17, 15) is 4.79 Å². The van der Waals surface area contributed by atoms with Crippen molar-refractivity contribution in [3.63, 3.8) is 0 Å². The van der Waals surface area contributed by atoms with Gasteiger partial charge in [0.05, 0.1) is 6.54 Å². The molecular formula is C15H32N4O. The highest BCUT2D eigenvalue weighted by Crippen LogP contribution is 2.21. The molecule has 3 N–H and O–H groups in total. The maximum atomic E-state index is 11.5. The summed E-state index contributed by atoms with van der Waals surface area (Å²) in [6.07, 6.45) is 3.17. The lowest BCUT2D eigenvalue weighted by molar-refractivity contribution is -0.120. The predicted octanol–water partition coefficient (Wildman–Crippen LogP) is 1.89. The van der Waals surface area contributed by atoms with Gasteiger partial charge in [-0.15, -0.1) is 0 Å². The van der Waals surface area contributed by atoms with Crippen molar-refractivity contribution in [1.29, 1.82) is 0 Å². The van der Waals surface area contributed by atoms with E-state index >= 15 is 0 Å². The molecule has 0 radical (unpaired) electrons. The van der Waals surface area contributed by atoms with Gasteiger partial charge in [0.15, 0.2) is 5.96 Å². The maximum Gasteiger partial charge on any atom is 0.239 e. The first-order valence-corrected chi connectivity index (χ1v) is 7.52. The molecule has 0 aromatic heterocycles. The number of rotatable bonds is 7. The van der Waals surface area contributed by atoms with Crippen LogP contribution in [0.1, 0.15) is 53.9 Å². The molecule has 0 fully saturated rings. The molecule has 0 aliphatic rings. The molecule has 5 heteroatoms. The number of hydrogen-bond acceptors (Lipinski definition) is 2. The molecule has 20 heavy (non-hydrogen) atoms. The van der Waals surface area contributed by atoms with Crippen LogP contribution in [0.2, 0.25) is 0 Å². The van der Waals surface area contributed by atoms with Crippen molar-refractivity contribution in [3.05, 3.63) is 0 Å². The molecule has 0 saturated heterocycles. The van der Waals surface area contributed by atoms with Crippen LogP contribution in [0.3, 0.4) is 0 Å². The van der Waals surface area contributed by atoms with Gasteiger partial charge < -0.3 is 16.0 Å². The molecule has 5 nitrogen and oxygen atoms in total. The third-order valence-corrected chi connectivity index (χ3v) is 2.92. The molecule has 0 aromatic carbocycles. The van der Waals surface area contributed by atoms with Crippen LogP contribution in [0.4, 0.5) is 0 Å². The van der Waals surface area contributed by atoms with Crippen LogP contribution in [0.15, 0.2) is 4.99 Å². The molecular weight excluding hydrogens is 252 g/mol. The van der Waals surface area contributed by atoms with E-state index in [4.69, 9.17) is 0 Å². The van der Waals surface area contributed by atoms with Crippen LogP contribution < -0.4 is 16.0 Å². The van der Waals surface area contributed by atoms with Crippen LogP contribution in [0.25, 0.3) is 0 Å². The summed E-state index contributed by atoms with van der Waals surface area (Å²) < 4.78 is 0. The van der Waals surface area contributed by atoms with E-state index in [0.717, 1.165) is 19.3 Å². The van der Waals surface area contributed by atoms with Gasteiger partial charge in [-0.3, -0.25) is 9.79 Å². The van der Waals surface area contributed by atoms with E-state index in [1.807, 2.05) is 6.92 Å². The molecule has 0 aromatic rings. The fraction of sp³-hybridized carbons (Fsp3) is 0.867. The number of nitrogens with one attached hydrogen (secondary N) is 3. The molecule has 0 bridgehead atoms. The summed E-state index contributed by atoms with van der Waals surface area (Å²) in [7, 11) is 1.72.